The van der Waals surface area contributed by atoms with Crippen molar-refractivity contribution in [3.8, 4) is 16.9 Å². The van der Waals surface area contributed by atoms with Crippen molar-refractivity contribution in [3.05, 3.63) is 138 Å². The number of carbonyl (C=O) groups excluding carboxylic acids is 1. The fraction of sp³-hybridized carbons (Fsp3) is 0.0968. The van der Waals surface area contributed by atoms with Gasteiger partial charge in [0.25, 0.3) is 5.56 Å². The highest BCUT2D eigenvalue weighted by atomic mass is 35.5. The number of thiazole rings is 1. The number of para-hydroxylation sites is 1. The van der Waals surface area contributed by atoms with Crippen LogP contribution in [0.4, 0.5) is 0 Å². The molecule has 198 valence electrons. The van der Waals surface area contributed by atoms with Crippen LogP contribution in [0.2, 0.25) is 5.02 Å². The maximum atomic E-state index is 14.0. The highest BCUT2D eigenvalue weighted by Gasteiger charge is 2.33. The van der Waals surface area contributed by atoms with E-state index < -0.39 is 12.0 Å². The summed E-state index contributed by atoms with van der Waals surface area (Å²) in [5.74, 6) is -0.515. The van der Waals surface area contributed by atoms with Crippen molar-refractivity contribution >= 4 is 35.0 Å². The Morgan fingerprint density at radius 2 is 1.68 bits per heavy atom. The van der Waals surface area contributed by atoms with Crippen molar-refractivity contribution in [3.63, 3.8) is 0 Å². The molecule has 2 aromatic heterocycles. The van der Waals surface area contributed by atoms with Gasteiger partial charge in [-0.05, 0) is 42.8 Å². The van der Waals surface area contributed by atoms with Crippen molar-refractivity contribution in [2.24, 2.45) is 4.99 Å². The minimum absolute atomic E-state index is 0.249. The zero-order valence-electron chi connectivity index (χ0n) is 21.6. The molecule has 1 aliphatic heterocycles. The van der Waals surface area contributed by atoms with Gasteiger partial charge in [-0.1, -0.05) is 83.6 Å². The Balaban J connectivity index is 1.57. The molecular weight excluding hydrogens is 544 g/mol. The Labute approximate surface area is 238 Å². The summed E-state index contributed by atoms with van der Waals surface area (Å²) in [7, 11) is 1.33. The number of ether oxygens (including phenoxy) is 1. The van der Waals surface area contributed by atoms with Gasteiger partial charge in [-0.25, -0.2) is 14.5 Å². The number of halogens is 1. The second-order valence-electron chi connectivity index (χ2n) is 9.20. The monoisotopic (exact) mass is 566 g/mol. The highest BCUT2D eigenvalue weighted by molar-refractivity contribution is 7.07. The topological polar surface area (TPSA) is 78.5 Å². The maximum absolute atomic E-state index is 14.0. The maximum Gasteiger partial charge on any atom is 0.338 e. The van der Waals surface area contributed by atoms with Crippen LogP contribution in [0.5, 0.6) is 0 Å². The van der Waals surface area contributed by atoms with E-state index in [1.807, 2.05) is 97.2 Å². The number of allylic oxidation sites excluding steroid dienone is 1. The summed E-state index contributed by atoms with van der Waals surface area (Å²) in [6.45, 7) is 1.77. The summed E-state index contributed by atoms with van der Waals surface area (Å²) in [4.78, 5) is 32.0. The Morgan fingerprint density at radius 3 is 2.35 bits per heavy atom. The molecule has 0 radical (unpaired) electrons. The lowest BCUT2D eigenvalue weighted by atomic mass is 9.96. The molecule has 0 fully saturated rings. The molecular formula is C31H23ClN4O3S. The Morgan fingerprint density at radius 1 is 1.00 bits per heavy atom. The first-order valence-electron chi connectivity index (χ1n) is 12.5. The number of hydrogen-bond donors (Lipinski definition) is 0. The quantitative estimate of drug-likeness (QED) is 0.283. The van der Waals surface area contributed by atoms with Gasteiger partial charge in [0.15, 0.2) is 4.80 Å². The number of fused-ring (bicyclic) bond motifs is 1. The Hall–Kier alpha value is -4.53. The second kappa shape index (κ2) is 10.6. The predicted octanol–water partition coefficient (Wildman–Crippen LogP) is 4.91. The fourth-order valence-electron chi connectivity index (χ4n) is 4.82. The number of aromatic nitrogens is 3. The van der Waals surface area contributed by atoms with Crippen molar-refractivity contribution in [2.75, 3.05) is 7.11 Å². The van der Waals surface area contributed by atoms with Crippen molar-refractivity contribution < 1.29 is 9.53 Å². The number of esters is 1. The molecule has 0 saturated carbocycles. The zero-order valence-corrected chi connectivity index (χ0v) is 23.2. The summed E-state index contributed by atoms with van der Waals surface area (Å²) in [5.41, 5.74) is 4.63. The first kappa shape index (κ1) is 25.7. The van der Waals surface area contributed by atoms with E-state index in [2.05, 4.69) is 4.99 Å². The SMILES string of the molecule is COC(=O)C1=C(C)N=c2s/c(=C/c3cn(-c4ccccc4)nc3-c3ccc(Cl)cc3)c(=O)n2[C@@H]1c1ccccc1. The van der Waals surface area contributed by atoms with E-state index in [0.29, 0.717) is 31.3 Å². The van der Waals surface area contributed by atoms with Gasteiger partial charge >= 0.3 is 5.97 Å². The number of benzene rings is 3. The smallest absolute Gasteiger partial charge is 0.338 e. The molecule has 0 spiro atoms. The number of nitrogens with zero attached hydrogens (tertiary/aromatic N) is 4. The molecule has 0 amide bonds. The van der Waals surface area contributed by atoms with Gasteiger partial charge in [-0.15, -0.1) is 0 Å². The molecule has 0 bridgehead atoms. The Bertz CT molecular complexity index is 1940. The molecule has 7 nitrogen and oxygen atoms in total. The van der Waals surface area contributed by atoms with Gasteiger partial charge in [0.05, 0.1) is 34.6 Å². The molecule has 9 heteroatoms. The van der Waals surface area contributed by atoms with E-state index in [-0.39, 0.29) is 5.56 Å². The van der Waals surface area contributed by atoms with E-state index in [0.717, 1.165) is 22.4 Å². The molecule has 0 saturated heterocycles. The largest absolute Gasteiger partial charge is 0.466 e. The van der Waals surface area contributed by atoms with Gasteiger partial charge in [-0.2, -0.15) is 5.10 Å². The van der Waals surface area contributed by atoms with E-state index in [4.69, 9.17) is 21.4 Å². The molecule has 40 heavy (non-hydrogen) atoms. The van der Waals surface area contributed by atoms with Crippen LogP contribution >= 0.6 is 22.9 Å². The normalized spacial score (nSPS) is 15.1. The molecule has 0 aliphatic carbocycles. The van der Waals surface area contributed by atoms with Crippen LogP contribution in [0.1, 0.15) is 24.1 Å². The van der Waals surface area contributed by atoms with Crippen molar-refractivity contribution in [2.45, 2.75) is 13.0 Å². The van der Waals surface area contributed by atoms with Gasteiger partial charge in [0.1, 0.15) is 5.69 Å². The van der Waals surface area contributed by atoms with E-state index in [9.17, 15) is 9.59 Å². The number of carbonyl (C=O) groups is 1. The van der Waals surface area contributed by atoms with Crippen LogP contribution in [-0.2, 0) is 9.53 Å². The number of rotatable bonds is 5. The number of methoxy groups -OCH3 is 1. The summed E-state index contributed by atoms with van der Waals surface area (Å²) >= 11 is 7.42. The molecule has 3 heterocycles. The lowest BCUT2D eigenvalue weighted by Gasteiger charge is -2.24. The standard InChI is InChI=1S/C31H23ClN4O3S/c1-19-26(30(38)39-2)28(21-9-5-3-6-10-21)36-29(37)25(40-31(36)33-19)17-22-18-35(24-11-7-4-8-12-24)34-27(22)20-13-15-23(32)16-14-20/h3-18,28H,1-2H3/b25-17+/t28-/m1/s1. The summed E-state index contributed by atoms with van der Waals surface area (Å²) in [6.07, 6.45) is 3.73. The van der Waals surface area contributed by atoms with Crippen LogP contribution in [0, 0.1) is 0 Å². The van der Waals surface area contributed by atoms with Crippen LogP contribution in [-0.4, -0.2) is 27.4 Å². The average Bonchev–Trinajstić information content (AvgIpc) is 3.54. The lowest BCUT2D eigenvalue weighted by molar-refractivity contribution is -0.136. The van der Waals surface area contributed by atoms with Crippen LogP contribution in [0.15, 0.2) is 112 Å². The molecule has 1 atom stereocenters. The summed E-state index contributed by atoms with van der Waals surface area (Å²) in [6, 6.07) is 26.0. The molecule has 1 aliphatic rings. The van der Waals surface area contributed by atoms with Crippen molar-refractivity contribution in [1.29, 1.82) is 0 Å². The molecule has 0 unspecified atom stereocenters. The molecule has 0 N–H and O–H groups in total. The zero-order chi connectivity index (χ0) is 27.8. The first-order chi connectivity index (χ1) is 19.4. The van der Waals surface area contributed by atoms with Crippen molar-refractivity contribution in [1.82, 2.24) is 14.3 Å². The summed E-state index contributed by atoms with van der Waals surface area (Å²) in [5, 5.41) is 5.48. The number of hydrogen-bond acceptors (Lipinski definition) is 6. The van der Waals surface area contributed by atoms with Crippen LogP contribution in [0.25, 0.3) is 23.0 Å². The van der Waals surface area contributed by atoms with E-state index in [1.54, 1.807) is 16.2 Å². The molecule has 6 rings (SSSR count). The van der Waals surface area contributed by atoms with Gasteiger partial charge in [0.2, 0.25) is 0 Å². The third-order valence-electron chi connectivity index (χ3n) is 6.71. The van der Waals surface area contributed by atoms with Crippen LogP contribution < -0.4 is 14.9 Å². The predicted molar refractivity (Wildman–Crippen MR) is 156 cm³/mol. The van der Waals surface area contributed by atoms with E-state index >= 15 is 0 Å². The van der Waals surface area contributed by atoms with Crippen LogP contribution in [0.3, 0.4) is 0 Å². The fourth-order valence-corrected chi connectivity index (χ4v) is 5.99. The van der Waals surface area contributed by atoms with Gasteiger partial charge in [-0.3, -0.25) is 9.36 Å². The average molecular weight is 567 g/mol. The third-order valence-corrected chi connectivity index (χ3v) is 7.94. The van der Waals surface area contributed by atoms with E-state index in [1.165, 1.54) is 18.4 Å². The van der Waals surface area contributed by atoms with Gasteiger partial charge in [0, 0.05) is 22.3 Å². The highest BCUT2D eigenvalue weighted by Crippen LogP contribution is 2.30. The minimum atomic E-state index is -0.658. The second-order valence-corrected chi connectivity index (χ2v) is 10.6. The summed E-state index contributed by atoms with van der Waals surface area (Å²) < 4.78 is 8.93. The minimum Gasteiger partial charge on any atom is -0.466 e. The first-order valence-corrected chi connectivity index (χ1v) is 13.7. The third kappa shape index (κ3) is 4.61. The Kier molecular flexibility index (Phi) is 6.79. The van der Waals surface area contributed by atoms with Gasteiger partial charge < -0.3 is 4.74 Å². The molecule has 3 aromatic carbocycles. The molecule has 5 aromatic rings. The lowest BCUT2D eigenvalue weighted by Crippen LogP contribution is -2.39.